The number of hydrogen-bond acceptors (Lipinski definition) is 11. The summed E-state index contributed by atoms with van der Waals surface area (Å²) < 4.78 is 16.2. The first-order chi connectivity index (χ1) is 13.6. The lowest BCUT2D eigenvalue weighted by Crippen LogP contribution is -2.69. The second-order valence-electron chi connectivity index (χ2n) is 7.00. The fourth-order valence-electron chi connectivity index (χ4n) is 3.38. The van der Waals surface area contributed by atoms with E-state index in [0.29, 0.717) is 0 Å². The van der Waals surface area contributed by atoms with Gasteiger partial charge in [-0.05, 0) is 0 Å². The largest absolute Gasteiger partial charge is 0.394 e. The van der Waals surface area contributed by atoms with Crippen molar-refractivity contribution in [2.24, 2.45) is 0 Å². The molecule has 29 heavy (non-hydrogen) atoms. The fraction of sp³-hybridized carbons (Fsp3) is 0.875. The smallest absolute Gasteiger partial charge is 0.217 e. The van der Waals surface area contributed by atoms with Gasteiger partial charge in [-0.2, -0.15) is 0 Å². The molecule has 2 rings (SSSR count). The fourth-order valence-corrected chi connectivity index (χ4v) is 3.38. The molecular formula is C16H28N2O11. The van der Waals surface area contributed by atoms with E-state index < -0.39 is 86.3 Å². The van der Waals surface area contributed by atoms with Crippen molar-refractivity contribution in [3.8, 4) is 0 Å². The van der Waals surface area contributed by atoms with Crippen molar-refractivity contribution >= 4 is 11.8 Å². The Hall–Kier alpha value is -1.42. The van der Waals surface area contributed by atoms with Gasteiger partial charge in [0, 0.05) is 13.8 Å². The molecule has 10 atom stereocenters. The van der Waals surface area contributed by atoms with Crippen LogP contribution in [0.25, 0.3) is 0 Å². The Morgan fingerprint density at radius 1 is 0.828 bits per heavy atom. The van der Waals surface area contributed by atoms with Gasteiger partial charge in [0.25, 0.3) is 0 Å². The number of ether oxygens (including phenoxy) is 3. The van der Waals surface area contributed by atoms with Crippen LogP contribution in [0.5, 0.6) is 0 Å². The van der Waals surface area contributed by atoms with E-state index in [1.165, 1.54) is 0 Å². The molecule has 13 heteroatoms. The summed E-state index contributed by atoms with van der Waals surface area (Å²) in [6.45, 7) is 0.959. The average molecular weight is 424 g/mol. The van der Waals surface area contributed by atoms with Crippen LogP contribution in [0.3, 0.4) is 0 Å². The summed E-state index contributed by atoms with van der Waals surface area (Å²) in [7, 11) is 0. The highest BCUT2D eigenvalue weighted by molar-refractivity contribution is 5.73. The van der Waals surface area contributed by atoms with Gasteiger partial charge in [0.15, 0.2) is 12.6 Å². The minimum atomic E-state index is -1.66. The number of aliphatic hydroxyl groups is 6. The molecule has 0 bridgehead atoms. The van der Waals surface area contributed by atoms with Crippen molar-refractivity contribution in [3.63, 3.8) is 0 Å². The topological polar surface area (TPSA) is 207 Å². The van der Waals surface area contributed by atoms with Crippen LogP contribution in [0.1, 0.15) is 13.8 Å². The molecule has 0 spiro atoms. The number of rotatable bonds is 6. The van der Waals surface area contributed by atoms with Crippen molar-refractivity contribution in [3.05, 3.63) is 0 Å². The van der Waals surface area contributed by atoms with Crippen LogP contribution in [-0.2, 0) is 23.8 Å². The summed E-state index contributed by atoms with van der Waals surface area (Å²) >= 11 is 0. The van der Waals surface area contributed by atoms with Crippen LogP contribution >= 0.6 is 0 Å². The van der Waals surface area contributed by atoms with E-state index in [0.717, 1.165) is 13.8 Å². The highest BCUT2D eigenvalue weighted by Crippen LogP contribution is 2.28. The zero-order chi connectivity index (χ0) is 21.9. The maximum atomic E-state index is 11.5. The lowest BCUT2D eigenvalue weighted by atomic mass is 9.94. The molecule has 0 aliphatic carbocycles. The second-order valence-corrected chi connectivity index (χ2v) is 7.00. The summed E-state index contributed by atoms with van der Waals surface area (Å²) in [6, 6.07) is -2.59. The zero-order valence-electron chi connectivity index (χ0n) is 15.9. The van der Waals surface area contributed by atoms with E-state index >= 15 is 0 Å². The molecule has 0 unspecified atom stereocenters. The molecule has 168 valence electrons. The van der Waals surface area contributed by atoms with E-state index in [2.05, 4.69) is 10.6 Å². The van der Waals surface area contributed by atoms with Crippen molar-refractivity contribution in [1.82, 2.24) is 10.6 Å². The van der Waals surface area contributed by atoms with Gasteiger partial charge in [0.05, 0.1) is 13.2 Å². The summed E-state index contributed by atoms with van der Waals surface area (Å²) in [5.41, 5.74) is 0. The maximum Gasteiger partial charge on any atom is 0.217 e. The Morgan fingerprint density at radius 3 is 1.86 bits per heavy atom. The minimum Gasteiger partial charge on any atom is -0.394 e. The molecule has 2 heterocycles. The van der Waals surface area contributed by atoms with Gasteiger partial charge in [-0.1, -0.05) is 0 Å². The molecule has 2 aliphatic rings. The average Bonchev–Trinajstić information content (AvgIpc) is 2.65. The van der Waals surface area contributed by atoms with Gasteiger partial charge in [0.2, 0.25) is 11.8 Å². The molecule has 2 fully saturated rings. The van der Waals surface area contributed by atoms with Crippen LogP contribution in [0.15, 0.2) is 0 Å². The van der Waals surface area contributed by atoms with Crippen molar-refractivity contribution < 1.29 is 54.4 Å². The summed E-state index contributed by atoms with van der Waals surface area (Å²) in [4.78, 5) is 23.0. The number of carbonyl (C=O) groups excluding carboxylic acids is 2. The van der Waals surface area contributed by atoms with Crippen molar-refractivity contribution in [1.29, 1.82) is 0 Å². The highest BCUT2D eigenvalue weighted by Gasteiger charge is 2.51. The summed E-state index contributed by atoms with van der Waals surface area (Å²) in [5, 5.41) is 64.5. The van der Waals surface area contributed by atoms with Gasteiger partial charge < -0.3 is 55.5 Å². The molecule has 0 aromatic rings. The third kappa shape index (κ3) is 5.39. The van der Waals surface area contributed by atoms with E-state index in [1.807, 2.05) is 0 Å². The molecule has 0 aromatic carbocycles. The lowest BCUT2D eigenvalue weighted by Gasteiger charge is -2.47. The van der Waals surface area contributed by atoms with E-state index in [-0.39, 0.29) is 0 Å². The van der Waals surface area contributed by atoms with E-state index in [1.54, 1.807) is 0 Å². The van der Waals surface area contributed by atoms with Gasteiger partial charge in [-0.15, -0.1) is 0 Å². The quantitative estimate of drug-likeness (QED) is 0.202. The molecule has 2 aliphatic heterocycles. The maximum absolute atomic E-state index is 11.5. The monoisotopic (exact) mass is 424 g/mol. The first kappa shape index (κ1) is 23.9. The molecular weight excluding hydrogens is 396 g/mol. The van der Waals surface area contributed by atoms with Crippen LogP contribution in [0.2, 0.25) is 0 Å². The van der Waals surface area contributed by atoms with Gasteiger partial charge in [-0.3, -0.25) is 9.59 Å². The first-order valence-corrected chi connectivity index (χ1v) is 9.05. The highest BCUT2D eigenvalue weighted by atomic mass is 16.7. The van der Waals surface area contributed by atoms with Gasteiger partial charge in [0.1, 0.15) is 48.7 Å². The predicted octanol–water partition coefficient (Wildman–Crippen LogP) is -5.11. The Labute approximate surface area is 166 Å². The Morgan fingerprint density at radius 2 is 1.34 bits per heavy atom. The standard InChI is InChI=1S/C16H28N2O11/c1-5(21)17-9-13(25)11(23)7(3-19)28-16(9)29-14-10(18-6(2)22)15(26)27-8(4-20)12(14)24/h7-16,19-20,23-26H,3-4H2,1-2H3,(H,17,21)(H,18,22)/t7-,8-,9-,10-,11-,12+,13+,14+,15+,16-/m1/s1. The number of nitrogens with one attached hydrogen (secondary N) is 2. The molecule has 0 radical (unpaired) electrons. The van der Waals surface area contributed by atoms with Gasteiger partial charge >= 0.3 is 0 Å². The molecule has 8 N–H and O–H groups in total. The molecule has 13 nitrogen and oxygen atoms in total. The Bertz CT molecular complexity index is 579. The van der Waals surface area contributed by atoms with Crippen LogP contribution in [0.4, 0.5) is 0 Å². The van der Waals surface area contributed by atoms with Crippen molar-refractivity contribution in [2.75, 3.05) is 13.2 Å². The number of aliphatic hydroxyl groups excluding tert-OH is 6. The second kappa shape index (κ2) is 10.1. The van der Waals surface area contributed by atoms with Crippen molar-refractivity contribution in [2.45, 2.75) is 75.1 Å². The van der Waals surface area contributed by atoms with E-state index in [9.17, 15) is 40.2 Å². The summed E-state index contributed by atoms with van der Waals surface area (Å²) in [5.74, 6) is -1.16. The van der Waals surface area contributed by atoms with Crippen LogP contribution < -0.4 is 10.6 Å². The first-order valence-electron chi connectivity index (χ1n) is 9.05. The molecule has 2 saturated heterocycles. The minimum absolute atomic E-state index is 0.576. The molecule has 0 aromatic heterocycles. The lowest BCUT2D eigenvalue weighted by molar-refractivity contribution is -0.323. The third-order valence-electron chi connectivity index (χ3n) is 4.78. The number of carbonyl (C=O) groups is 2. The third-order valence-corrected chi connectivity index (χ3v) is 4.78. The molecule has 2 amide bonds. The van der Waals surface area contributed by atoms with Gasteiger partial charge in [-0.25, -0.2) is 0 Å². The SMILES string of the molecule is CC(=O)N[C@@H]1[C@H](O[C@H]2O[C@H](CO)[C@@H](O)[C@@H](O)[C@H]2NC(C)=O)[C@@H](O)[C@@H](CO)O[C@@H]1O. The molecule has 0 saturated carbocycles. The number of amides is 2. The predicted molar refractivity (Wildman–Crippen MR) is 91.8 cm³/mol. The summed E-state index contributed by atoms with van der Waals surface area (Å²) in [6.07, 6.45) is -11.8. The van der Waals surface area contributed by atoms with Crippen LogP contribution in [0, 0.1) is 0 Å². The normalized spacial score (nSPS) is 42.9. The zero-order valence-corrected chi connectivity index (χ0v) is 15.9. The Balaban J connectivity index is 2.31. The van der Waals surface area contributed by atoms with E-state index in [4.69, 9.17) is 14.2 Å². The number of hydrogen-bond donors (Lipinski definition) is 8. The van der Waals surface area contributed by atoms with Crippen LogP contribution in [-0.4, -0.2) is 117 Å². The Kier molecular flexibility index (Phi) is 8.28.